The molecule has 204 valence electrons. The lowest BCUT2D eigenvalue weighted by molar-refractivity contribution is 0.0885. The molecule has 0 spiro atoms. The minimum Gasteiger partial charge on any atom is -0.507 e. The zero-order valence-electron chi connectivity index (χ0n) is 23.1. The number of methoxy groups -OCH3 is 1. The molecule has 8 heteroatoms. The second-order valence-electron chi connectivity index (χ2n) is 11.1. The van der Waals surface area contributed by atoms with Crippen LogP contribution in [0, 0.1) is 17.3 Å². The van der Waals surface area contributed by atoms with Crippen molar-refractivity contribution in [3.8, 4) is 5.75 Å². The fourth-order valence-electron chi connectivity index (χ4n) is 3.96. The van der Waals surface area contributed by atoms with Gasteiger partial charge in [0.2, 0.25) is 0 Å². The van der Waals surface area contributed by atoms with Crippen molar-refractivity contribution >= 4 is 29.4 Å². The van der Waals surface area contributed by atoms with E-state index in [-0.39, 0.29) is 28.6 Å². The van der Waals surface area contributed by atoms with Crippen LogP contribution in [0.15, 0.2) is 32.4 Å². The zero-order chi connectivity index (χ0) is 27.8. The number of aliphatic imine (C=N–C) groups is 1. The molecule has 0 saturated carbocycles. The van der Waals surface area contributed by atoms with Crippen LogP contribution in [0.5, 0.6) is 5.75 Å². The molecule has 2 aromatic rings. The molecular weight excluding hydrogens is 490 g/mol. The van der Waals surface area contributed by atoms with Crippen LogP contribution in [0.25, 0.3) is 0 Å². The van der Waals surface area contributed by atoms with E-state index in [4.69, 9.17) is 4.42 Å². The van der Waals surface area contributed by atoms with Crippen molar-refractivity contribution in [3.05, 3.63) is 49.7 Å². The zero-order valence-corrected chi connectivity index (χ0v) is 23.9. The van der Waals surface area contributed by atoms with E-state index in [0.717, 1.165) is 19.3 Å². The van der Waals surface area contributed by atoms with Gasteiger partial charge in [0.25, 0.3) is 0 Å². The van der Waals surface area contributed by atoms with Gasteiger partial charge in [0.05, 0.1) is 7.11 Å². The third kappa shape index (κ3) is 9.58. The number of hydrogen-bond donors (Lipinski definition) is 1. The number of ketones is 1. The Labute approximate surface area is 224 Å². The van der Waals surface area contributed by atoms with E-state index in [1.807, 2.05) is 13.8 Å². The molecule has 3 atom stereocenters. The number of amides is 1. The highest BCUT2D eigenvalue weighted by Gasteiger charge is 2.28. The van der Waals surface area contributed by atoms with Crippen LogP contribution >= 0.6 is 11.3 Å². The average Bonchev–Trinajstić information content (AvgIpc) is 3.27. The highest BCUT2D eigenvalue weighted by Crippen LogP contribution is 2.30. The molecule has 0 aliphatic heterocycles. The highest BCUT2D eigenvalue weighted by molar-refractivity contribution is 7.12. The molecule has 1 amide bonds. The Balaban J connectivity index is 2.00. The second-order valence-corrected chi connectivity index (χ2v) is 12.3. The predicted molar refractivity (Wildman–Crippen MR) is 148 cm³/mol. The Bertz CT molecular complexity index is 1140. The summed E-state index contributed by atoms with van der Waals surface area (Å²) in [5, 5.41) is 10.6. The van der Waals surface area contributed by atoms with Gasteiger partial charge in [-0.2, -0.15) is 4.99 Å². The van der Waals surface area contributed by atoms with Gasteiger partial charge >= 0.3 is 11.7 Å². The number of carbonyl (C=O) groups excluding carboxylic acids is 2. The van der Waals surface area contributed by atoms with E-state index in [2.05, 4.69) is 42.6 Å². The summed E-state index contributed by atoms with van der Waals surface area (Å²) in [6.45, 7) is 12.4. The average molecular weight is 532 g/mol. The molecule has 0 aromatic carbocycles. The fraction of sp³-hybridized carbons (Fsp3) is 0.586. The quantitative estimate of drug-likeness (QED) is 0.176. The van der Waals surface area contributed by atoms with Gasteiger partial charge in [0.15, 0.2) is 5.78 Å². The third-order valence-electron chi connectivity index (χ3n) is 6.65. The van der Waals surface area contributed by atoms with Crippen LogP contribution < -0.4 is 5.63 Å². The molecule has 3 unspecified atom stereocenters. The van der Waals surface area contributed by atoms with Gasteiger partial charge in [0.1, 0.15) is 17.1 Å². The SMILES string of the molecule is COC(=O)N=CCCCC(C)c1cc(O)c(C(=O)C(C)C(C)Cc2ccc(CCC(C)(C)C)s2)c(=O)o1. The number of ether oxygens (including phenoxy) is 1. The van der Waals surface area contributed by atoms with Crippen molar-refractivity contribution < 1.29 is 23.8 Å². The molecule has 0 aliphatic carbocycles. The highest BCUT2D eigenvalue weighted by atomic mass is 32.1. The number of nitrogens with zero attached hydrogens (tertiary/aromatic N) is 1. The van der Waals surface area contributed by atoms with Gasteiger partial charge in [-0.15, -0.1) is 11.3 Å². The molecule has 7 nitrogen and oxygen atoms in total. The van der Waals surface area contributed by atoms with E-state index in [1.165, 1.54) is 29.1 Å². The Hall–Kier alpha value is -2.74. The number of carbonyl (C=O) groups is 2. The molecule has 0 bridgehead atoms. The molecule has 1 N–H and O–H groups in total. The number of hydrogen-bond acceptors (Lipinski definition) is 7. The number of aromatic hydroxyl groups is 1. The molecule has 0 aliphatic rings. The maximum Gasteiger partial charge on any atom is 0.432 e. The summed E-state index contributed by atoms with van der Waals surface area (Å²) >= 11 is 1.78. The summed E-state index contributed by atoms with van der Waals surface area (Å²) in [6.07, 6.45) is 5.63. The molecule has 37 heavy (non-hydrogen) atoms. The van der Waals surface area contributed by atoms with Crippen molar-refractivity contribution in [2.45, 2.75) is 86.0 Å². The van der Waals surface area contributed by atoms with Crippen LogP contribution in [-0.4, -0.2) is 30.3 Å². The molecule has 0 fully saturated rings. The predicted octanol–water partition coefficient (Wildman–Crippen LogP) is 7.19. The Morgan fingerprint density at radius 2 is 1.86 bits per heavy atom. The standard InChI is InChI=1S/C29H41NO6S/c1-18(10-8-9-15-30-28(34)35-7)24-17-23(31)25(27(33)36-24)26(32)20(3)19(2)16-22-12-11-21(37-22)13-14-29(4,5)6/h11-12,15,17-20,31H,8-10,13-14,16H2,1-7H3. The first-order chi connectivity index (χ1) is 17.3. The molecular formula is C29H41NO6S. The summed E-state index contributed by atoms with van der Waals surface area (Å²) in [7, 11) is 1.26. The number of unbranched alkanes of at least 4 members (excludes halogenated alkanes) is 1. The number of thiophene rings is 1. The van der Waals surface area contributed by atoms with Crippen molar-refractivity contribution in [2.75, 3.05) is 7.11 Å². The minimum atomic E-state index is -0.807. The van der Waals surface area contributed by atoms with E-state index in [9.17, 15) is 19.5 Å². The lowest BCUT2D eigenvalue weighted by atomic mass is 9.86. The van der Waals surface area contributed by atoms with Gasteiger partial charge in [-0.05, 0) is 62.0 Å². The Morgan fingerprint density at radius 1 is 1.19 bits per heavy atom. The number of Topliss-reactive ketones (excluding diaryl/α,β-unsaturated/α-hetero) is 1. The lowest BCUT2D eigenvalue weighted by Crippen LogP contribution is -2.26. The maximum absolute atomic E-state index is 13.2. The largest absolute Gasteiger partial charge is 0.507 e. The molecule has 2 rings (SSSR count). The maximum atomic E-state index is 13.2. The molecule has 2 aromatic heterocycles. The lowest BCUT2D eigenvalue weighted by Gasteiger charge is -2.19. The minimum absolute atomic E-state index is 0.00864. The molecule has 2 heterocycles. The van der Waals surface area contributed by atoms with Crippen molar-refractivity contribution in [3.63, 3.8) is 0 Å². The van der Waals surface area contributed by atoms with Crippen LogP contribution in [0.2, 0.25) is 0 Å². The topological polar surface area (TPSA) is 106 Å². The van der Waals surface area contributed by atoms with Gasteiger partial charge < -0.3 is 14.3 Å². The van der Waals surface area contributed by atoms with Crippen molar-refractivity contribution in [1.29, 1.82) is 0 Å². The second kappa shape index (κ2) is 13.7. The Morgan fingerprint density at radius 3 is 2.49 bits per heavy atom. The molecule has 0 saturated heterocycles. The number of rotatable bonds is 12. The van der Waals surface area contributed by atoms with Crippen molar-refractivity contribution in [2.24, 2.45) is 22.2 Å². The first-order valence-corrected chi connectivity index (χ1v) is 13.7. The first-order valence-electron chi connectivity index (χ1n) is 12.9. The van der Waals surface area contributed by atoms with Crippen LogP contribution in [-0.2, 0) is 17.6 Å². The van der Waals surface area contributed by atoms with Gasteiger partial charge in [-0.25, -0.2) is 9.59 Å². The van der Waals surface area contributed by atoms with Gasteiger partial charge in [-0.3, -0.25) is 4.79 Å². The van der Waals surface area contributed by atoms with E-state index in [1.54, 1.807) is 18.3 Å². The summed E-state index contributed by atoms with van der Waals surface area (Å²) in [5.74, 6) is -1.03. The van der Waals surface area contributed by atoms with E-state index >= 15 is 0 Å². The van der Waals surface area contributed by atoms with Gasteiger partial charge in [0, 0.05) is 33.9 Å². The Kier molecular flexibility index (Phi) is 11.3. The summed E-state index contributed by atoms with van der Waals surface area (Å²) in [4.78, 5) is 43.1. The summed E-state index contributed by atoms with van der Waals surface area (Å²) < 4.78 is 9.89. The monoisotopic (exact) mass is 531 g/mol. The third-order valence-corrected chi connectivity index (χ3v) is 7.82. The summed E-state index contributed by atoms with van der Waals surface area (Å²) in [5.41, 5.74) is -0.800. The van der Waals surface area contributed by atoms with Crippen molar-refractivity contribution in [1.82, 2.24) is 0 Å². The van der Waals surface area contributed by atoms with Crippen LogP contribution in [0.1, 0.15) is 99.0 Å². The number of aryl methyl sites for hydroxylation is 1. The van der Waals surface area contributed by atoms with Crippen LogP contribution in [0.4, 0.5) is 4.79 Å². The molecule has 0 radical (unpaired) electrons. The smallest absolute Gasteiger partial charge is 0.432 e. The fourth-order valence-corrected chi connectivity index (χ4v) is 5.12. The normalized spacial score (nSPS) is 14.5. The van der Waals surface area contributed by atoms with Gasteiger partial charge in [-0.1, -0.05) is 41.5 Å². The first kappa shape index (κ1) is 30.5. The summed E-state index contributed by atoms with van der Waals surface area (Å²) in [6, 6.07) is 5.66. The van der Waals surface area contributed by atoms with E-state index in [0.29, 0.717) is 25.0 Å². The van der Waals surface area contributed by atoms with Crippen LogP contribution in [0.3, 0.4) is 0 Å². The van der Waals surface area contributed by atoms with E-state index < -0.39 is 23.4 Å².